The number of carbonyl (C=O) groups is 2. The predicted octanol–water partition coefficient (Wildman–Crippen LogP) is 2.64. The molecule has 1 aromatic rings. The lowest BCUT2D eigenvalue weighted by Crippen LogP contribution is -2.28. The highest BCUT2D eigenvalue weighted by atomic mass is 32.2. The molecule has 1 amide bonds. The summed E-state index contributed by atoms with van der Waals surface area (Å²) in [6.45, 7) is 4.57. The normalized spacial score (nSPS) is 11.8. The maximum absolute atomic E-state index is 12.1. The molecule has 0 radical (unpaired) electrons. The molecule has 1 aromatic carbocycles. The van der Waals surface area contributed by atoms with Crippen molar-refractivity contribution in [3.63, 3.8) is 0 Å². The van der Waals surface area contributed by atoms with Crippen LogP contribution in [0.4, 0.5) is 0 Å². The largest absolute Gasteiger partial charge is 0.469 e. The van der Waals surface area contributed by atoms with E-state index in [9.17, 15) is 9.59 Å². The van der Waals surface area contributed by atoms with Gasteiger partial charge in [0, 0.05) is 18.8 Å². The molecule has 0 aromatic heterocycles. The molecule has 4 nitrogen and oxygen atoms in total. The summed E-state index contributed by atoms with van der Waals surface area (Å²) in [5.41, 5.74) is 2.32. The summed E-state index contributed by atoms with van der Waals surface area (Å²) >= 11 is 1.48. The third kappa shape index (κ3) is 6.67. The Kier molecular flexibility index (Phi) is 7.29. The number of hydrogen-bond donors (Lipinski definition) is 0. The summed E-state index contributed by atoms with van der Waals surface area (Å²) in [5, 5.41) is 0.0779. The van der Waals surface area contributed by atoms with E-state index in [0.717, 1.165) is 5.56 Å². The number of ether oxygens (including phenoxy) is 1. The topological polar surface area (TPSA) is 46.6 Å². The molecular weight excluding hydrogens is 286 g/mol. The van der Waals surface area contributed by atoms with Crippen LogP contribution in [0.1, 0.15) is 24.5 Å². The molecule has 21 heavy (non-hydrogen) atoms. The summed E-state index contributed by atoms with van der Waals surface area (Å²) in [5.74, 6) is 0.202. The third-order valence-electron chi connectivity index (χ3n) is 3.14. The minimum absolute atomic E-state index is 0.0669. The van der Waals surface area contributed by atoms with Crippen molar-refractivity contribution in [2.75, 3.05) is 19.9 Å². The van der Waals surface area contributed by atoms with Crippen LogP contribution in [0.5, 0.6) is 0 Å². The SMILES string of the molecule is COC(=O)CC(C)SCC(=O)N(C)Cc1ccc(C)cc1. The first-order valence-corrected chi connectivity index (χ1v) is 7.95. The van der Waals surface area contributed by atoms with E-state index in [1.54, 1.807) is 11.9 Å². The Morgan fingerprint density at radius 3 is 2.48 bits per heavy atom. The molecule has 0 fully saturated rings. The van der Waals surface area contributed by atoms with E-state index in [0.29, 0.717) is 18.7 Å². The van der Waals surface area contributed by atoms with E-state index in [4.69, 9.17) is 0 Å². The van der Waals surface area contributed by atoms with Crippen molar-refractivity contribution in [1.82, 2.24) is 4.90 Å². The van der Waals surface area contributed by atoms with Crippen LogP contribution in [0.2, 0.25) is 0 Å². The molecule has 1 atom stereocenters. The average molecular weight is 309 g/mol. The van der Waals surface area contributed by atoms with E-state index in [2.05, 4.69) is 4.74 Å². The van der Waals surface area contributed by atoms with Crippen LogP contribution in [0.25, 0.3) is 0 Å². The number of methoxy groups -OCH3 is 1. The quantitative estimate of drug-likeness (QED) is 0.727. The second-order valence-corrected chi connectivity index (χ2v) is 6.56. The number of nitrogens with zero attached hydrogens (tertiary/aromatic N) is 1. The van der Waals surface area contributed by atoms with Gasteiger partial charge < -0.3 is 9.64 Å². The average Bonchev–Trinajstić information content (AvgIpc) is 2.46. The van der Waals surface area contributed by atoms with E-state index < -0.39 is 0 Å². The van der Waals surface area contributed by atoms with Gasteiger partial charge in [-0.15, -0.1) is 11.8 Å². The van der Waals surface area contributed by atoms with E-state index >= 15 is 0 Å². The van der Waals surface area contributed by atoms with Gasteiger partial charge >= 0.3 is 5.97 Å². The highest BCUT2D eigenvalue weighted by Gasteiger charge is 2.14. The van der Waals surface area contributed by atoms with Crippen LogP contribution in [-0.4, -0.2) is 41.9 Å². The molecule has 0 spiro atoms. The molecule has 0 aliphatic carbocycles. The predicted molar refractivity (Wildman–Crippen MR) is 86.2 cm³/mol. The zero-order chi connectivity index (χ0) is 15.8. The van der Waals surface area contributed by atoms with E-state index in [1.807, 2.05) is 38.1 Å². The Morgan fingerprint density at radius 1 is 1.29 bits per heavy atom. The number of amides is 1. The summed E-state index contributed by atoms with van der Waals surface area (Å²) < 4.78 is 4.62. The lowest BCUT2D eigenvalue weighted by Gasteiger charge is -2.18. The summed E-state index contributed by atoms with van der Waals surface area (Å²) in [6.07, 6.45) is 0.329. The number of aryl methyl sites for hydroxylation is 1. The highest BCUT2D eigenvalue weighted by molar-refractivity contribution is 8.00. The van der Waals surface area contributed by atoms with Crippen molar-refractivity contribution in [2.24, 2.45) is 0 Å². The van der Waals surface area contributed by atoms with Crippen LogP contribution in [0, 0.1) is 6.92 Å². The molecule has 0 N–H and O–H groups in total. The van der Waals surface area contributed by atoms with Crippen LogP contribution >= 0.6 is 11.8 Å². The first-order chi connectivity index (χ1) is 9.92. The second kappa shape index (κ2) is 8.72. The standard InChI is InChI=1S/C16H23NO3S/c1-12-5-7-14(8-6-12)10-17(3)15(18)11-21-13(2)9-16(19)20-4/h5-8,13H,9-11H2,1-4H3. The summed E-state index contributed by atoms with van der Waals surface area (Å²) in [4.78, 5) is 24.9. The molecule has 0 saturated carbocycles. The van der Waals surface area contributed by atoms with Crippen LogP contribution < -0.4 is 0 Å². The van der Waals surface area contributed by atoms with E-state index in [1.165, 1.54) is 24.4 Å². The fourth-order valence-corrected chi connectivity index (χ4v) is 2.66. The van der Waals surface area contributed by atoms with Gasteiger partial charge in [0.1, 0.15) is 0 Å². The highest BCUT2D eigenvalue weighted by Crippen LogP contribution is 2.15. The first kappa shape index (κ1) is 17.6. The Hall–Kier alpha value is -1.49. The molecule has 0 heterocycles. The molecule has 1 rings (SSSR count). The molecule has 1 unspecified atom stereocenters. The molecule has 0 aliphatic rings. The summed E-state index contributed by atoms with van der Waals surface area (Å²) in [6, 6.07) is 8.15. The Bertz CT molecular complexity index is 473. The van der Waals surface area contributed by atoms with Crippen LogP contribution in [0.3, 0.4) is 0 Å². The monoisotopic (exact) mass is 309 g/mol. The fourth-order valence-electron chi connectivity index (χ4n) is 1.76. The summed E-state index contributed by atoms with van der Waals surface area (Å²) in [7, 11) is 3.17. The van der Waals surface area contributed by atoms with Gasteiger partial charge in [-0.3, -0.25) is 9.59 Å². The van der Waals surface area contributed by atoms with Gasteiger partial charge in [-0.25, -0.2) is 0 Å². The van der Waals surface area contributed by atoms with Crippen molar-refractivity contribution in [2.45, 2.75) is 32.1 Å². The van der Waals surface area contributed by atoms with Gasteiger partial charge in [0.2, 0.25) is 5.91 Å². The number of thioether (sulfide) groups is 1. The van der Waals surface area contributed by atoms with Crippen LogP contribution in [-0.2, 0) is 20.9 Å². The van der Waals surface area contributed by atoms with Gasteiger partial charge in [0.25, 0.3) is 0 Å². The van der Waals surface area contributed by atoms with Crippen molar-refractivity contribution in [3.8, 4) is 0 Å². The molecule has 116 valence electrons. The zero-order valence-electron chi connectivity index (χ0n) is 13.1. The number of carbonyl (C=O) groups excluding carboxylic acids is 2. The number of benzene rings is 1. The lowest BCUT2D eigenvalue weighted by molar-refractivity contribution is -0.140. The molecule has 5 heteroatoms. The minimum atomic E-state index is -0.240. The van der Waals surface area contributed by atoms with Gasteiger partial charge in [0.15, 0.2) is 0 Å². The third-order valence-corrected chi connectivity index (χ3v) is 4.29. The number of rotatable bonds is 7. The van der Waals surface area contributed by atoms with Crippen molar-refractivity contribution in [3.05, 3.63) is 35.4 Å². The number of hydrogen-bond acceptors (Lipinski definition) is 4. The molecule has 0 aliphatic heterocycles. The van der Waals surface area contributed by atoms with Gasteiger partial charge in [-0.05, 0) is 12.5 Å². The second-order valence-electron chi connectivity index (χ2n) is 5.14. The number of esters is 1. The van der Waals surface area contributed by atoms with Crippen molar-refractivity contribution < 1.29 is 14.3 Å². The Morgan fingerprint density at radius 2 is 1.90 bits per heavy atom. The lowest BCUT2D eigenvalue weighted by atomic mass is 10.1. The molecular formula is C16H23NO3S. The minimum Gasteiger partial charge on any atom is -0.469 e. The fraction of sp³-hybridized carbons (Fsp3) is 0.500. The van der Waals surface area contributed by atoms with Crippen molar-refractivity contribution in [1.29, 1.82) is 0 Å². The van der Waals surface area contributed by atoms with Gasteiger partial charge in [-0.1, -0.05) is 36.8 Å². The molecule has 0 bridgehead atoms. The zero-order valence-corrected chi connectivity index (χ0v) is 13.9. The van der Waals surface area contributed by atoms with Gasteiger partial charge in [0.05, 0.1) is 19.3 Å². The maximum Gasteiger partial charge on any atom is 0.306 e. The smallest absolute Gasteiger partial charge is 0.306 e. The Labute approximate surface area is 130 Å². The van der Waals surface area contributed by atoms with Crippen molar-refractivity contribution >= 4 is 23.6 Å². The van der Waals surface area contributed by atoms with E-state index in [-0.39, 0.29) is 17.1 Å². The maximum atomic E-state index is 12.1. The van der Waals surface area contributed by atoms with Crippen LogP contribution in [0.15, 0.2) is 24.3 Å². The molecule has 0 saturated heterocycles. The first-order valence-electron chi connectivity index (χ1n) is 6.90. The Balaban J connectivity index is 2.37. The van der Waals surface area contributed by atoms with Gasteiger partial charge in [-0.2, -0.15) is 0 Å².